The molecule has 0 aliphatic rings. The van der Waals surface area contributed by atoms with E-state index in [1.165, 1.54) is 10.9 Å². The summed E-state index contributed by atoms with van der Waals surface area (Å²) in [5.74, 6) is 1.11. The molecule has 0 atom stereocenters. The van der Waals surface area contributed by atoms with E-state index in [4.69, 9.17) is 0 Å². The van der Waals surface area contributed by atoms with Crippen LogP contribution >= 0.6 is 0 Å². The van der Waals surface area contributed by atoms with Crippen LogP contribution in [-0.2, 0) is 13.5 Å². The predicted molar refractivity (Wildman–Crippen MR) is 78.1 cm³/mol. The van der Waals surface area contributed by atoms with Crippen LogP contribution in [0.15, 0.2) is 36.7 Å². The zero-order valence-corrected chi connectivity index (χ0v) is 11.3. The van der Waals surface area contributed by atoms with Crippen LogP contribution in [0.2, 0.25) is 0 Å². The Hall–Kier alpha value is -2.07. The molecule has 98 valence electrons. The monoisotopic (exact) mass is 254 g/mol. The van der Waals surface area contributed by atoms with Gasteiger partial charge in [0.2, 0.25) is 0 Å². The number of rotatable bonds is 4. The summed E-state index contributed by atoms with van der Waals surface area (Å²) >= 11 is 0. The summed E-state index contributed by atoms with van der Waals surface area (Å²) in [5, 5.41) is 4.40. The van der Waals surface area contributed by atoms with Crippen LogP contribution in [-0.4, -0.2) is 28.1 Å². The number of imidazole rings is 1. The van der Waals surface area contributed by atoms with Gasteiger partial charge in [0.15, 0.2) is 0 Å². The maximum atomic E-state index is 4.53. The van der Waals surface area contributed by atoms with Crippen molar-refractivity contribution in [3.05, 3.63) is 42.5 Å². The lowest BCUT2D eigenvalue weighted by Gasteiger charge is -2.05. The Kier molecular flexibility index (Phi) is 3.09. The highest BCUT2D eigenvalue weighted by atomic mass is 15.1. The van der Waals surface area contributed by atoms with E-state index in [0.29, 0.717) is 0 Å². The standard InChI is InChI=1S/C15H18N4/c1-16-8-7-15-18-10-14(19(15)2)12-9-17-13-6-4-3-5-11(12)13/h3-6,9-10,16-17H,7-8H2,1-2H3. The van der Waals surface area contributed by atoms with Gasteiger partial charge in [0.05, 0.1) is 11.9 Å². The van der Waals surface area contributed by atoms with E-state index < -0.39 is 0 Å². The molecule has 2 N–H and O–H groups in total. The second-order valence-electron chi connectivity index (χ2n) is 4.72. The number of nitrogens with zero attached hydrogens (tertiary/aromatic N) is 2. The zero-order chi connectivity index (χ0) is 13.2. The van der Waals surface area contributed by atoms with E-state index in [2.05, 4.69) is 51.3 Å². The van der Waals surface area contributed by atoms with Crippen LogP contribution < -0.4 is 5.32 Å². The zero-order valence-electron chi connectivity index (χ0n) is 11.3. The third kappa shape index (κ3) is 2.04. The fourth-order valence-corrected chi connectivity index (χ4v) is 2.45. The molecule has 19 heavy (non-hydrogen) atoms. The Labute approximate surface area is 112 Å². The number of hydrogen-bond acceptors (Lipinski definition) is 2. The molecular weight excluding hydrogens is 236 g/mol. The van der Waals surface area contributed by atoms with Crippen LogP contribution in [0.5, 0.6) is 0 Å². The number of aromatic nitrogens is 3. The van der Waals surface area contributed by atoms with Gasteiger partial charge in [0.1, 0.15) is 5.82 Å². The molecule has 0 aliphatic heterocycles. The molecule has 0 amide bonds. The van der Waals surface area contributed by atoms with Crippen molar-refractivity contribution in [2.75, 3.05) is 13.6 Å². The van der Waals surface area contributed by atoms with Gasteiger partial charge in [0, 0.05) is 42.7 Å². The molecule has 4 heteroatoms. The average Bonchev–Trinajstić information content (AvgIpc) is 3.00. The Morgan fingerprint density at radius 2 is 2.16 bits per heavy atom. The largest absolute Gasteiger partial charge is 0.360 e. The summed E-state index contributed by atoms with van der Waals surface area (Å²) < 4.78 is 2.17. The van der Waals surface area contributed by atoms with Gasteiger partial charge in [-0.3, -0.25) is 0 Å². The minimum atomic E-state index is 0.940. The molecule has 0 saturated carbocycles. The van der Waals surface area contributed by atoms with E-state index in [1.54, 1.807) is 0 Å². The summed E-state index contributed by atoms with van der Waals surface area (Å²) in [5.41, 5.74) is 3.53. The van der Waals surface area contributed by atoms with Crippen molar-refractivity contribution in [3.63, 3.8) is 0 Å². The third-order valence-corrected chi connectivity index (χ3v) is 3.55. The molecule has 0 aliphatic carbocycles. The summed E-state index contributed by atoms with van der Waals surface area (Å²) in [6.45, 7) is 0.943. The van der Waals surface area contributed by atoms with Crippen LogP contribution in [0, 0.1) is 0 Å². The molecule has 0 unspecified atom stereocenters. The SMILES string of the molecule is CNCCc1ncc(-c2c[nH]c3ccccc23)n1C. The second-order valence-corrected chi connectivity index (χ2v) is 4.72. The number of nitrogens with one attached hydrogen (secondary N) is 2. The summed E-state index contributed by atoms with van der Waals surface area (Å²) in [6.07, 6.45) is 4.96. The van der Waals surface area contributed by atoms with Gasteiger partial charge in [-0.25, -0.2) is 4.98 Å². The molecule has 3 aromatic rings. The van der Waals surface area contributed by atoms with E-state index in [-0.39, 0.29) is 0 Å². The number of aromatic amines is 1. The number of fused-ring (bicyclic) bond motifs is 1. The van der Waals surface area contributed by atoms with Gasteiger partial charge in [0.25, 0.3) is 0 Å². The summed E-state index contributed by atoms with van der Waals surface area (Å²) in [6, 6.07) is 8.35. The first-order valence-electron chi connectivity index (χ1n) is 6.53. The summed E-state index contributed by atoms with van der Waals surface area (Å²) in [7, 11) is 4.04. The quantitative estimate of drug-likeness (QED) is 0.750. The van der Waals surface area contributed by atoms with Gasteiger partial charge in [-0.15, -0.1) is 0 Å². The Morgan fingerprint density at radius 3 is 3.00 bits per heavy atom. The van der Waals surface area contributed by atoms with Crippen LogP contribution in [0.1, 0.15) is 5.82 Å². The maximum absolute atomic E-state index is 4.53. The number of hydrogen-bond donors (Lipinski definition) is 2. The van der Waals surface area contributed by atoms with Crippen LogP contribution in [0.4, 0.5) is 0 Å². The minimum Gasteiger partial charge on any atom is -0.360 e. The predicted octanol–water partition coefficient (Wildman–Crippen LogP) is 2.33. The highest BCUT2D eigenvalue weighted by molar-refractivity contribution is 5.94. The van der Waals surface area contributed by atoms with Crippen molar-refractivity contribution in [2.45, 2.75) is 6.42 Å². The highest BCUT2D eigenvalue weighted by Crippen LogP contribution is 2.28. The lowest BCUT2D eigenvalue weighted by atomic mass is 10.1. The molecule has 2 aromatic heterocycles. The lowest BCUT2D eigenvalue weighted by Crippen LogP contribution is -2.13. The maximum Gasteiger partial charge on any atom is 0.110 e. The number of H-pyrrole nitrogens is 1. The number of para-hydroxylation sites is 1. The number of likely N-dealkylation sites (N-methyl/N-ethyl adjacent to an activating group) is 1. The van der Waals surface area contributed by atoms with Gasteiger partial charge in [-0.1, -0.05) is 18.2 Å². The molecule has 0 radical (unpaired) electrons. The van der Waals surface area contributed by atoms with E-state index in [1.807, 2.05) is 19.3 Å². The second kappa shape index (κ2) is 4.90. The van der Waals surface area contributed by atoms with Crippen LogP contribution in [0.25, 0.3) is 22.2 Å². The van der Waals surface area contributed by atoms with Crippen LogP contribution in [0.3, 0.4) is 0 Å². The van der Waals surface area contributed by atoms with Crippen molar-refractivity contribution in [2.24, 2.45) is 7.05 Å². The minimum absolute atomic E-state index is 0.940. The summed E-state index contributed by atoms with van der Waals surface area (Å²) in [4.78, 5) is 7.84. The first kappa shape index (κ1) is 12.0. The van der Waals surface area contributed by atoms with E-state index >= 15 is 0 Å². The molecule has 0 saturated heterocycles. The molecule has 2 heterocycles. The molecule has 1 aromatic carbocycles. The van der Waals surface area contributed by atoms with Crippen molar-refractivity contribution in [1.29, 1.82) is 0 Å². The molecule has 0 bridgehead atoms. The molecule has 0 fully saturated rings. The number of benzene rings is 1. The van der Waals surface area contributed by atoms with Crippen molar-refractivity contribution < 1.29 is 0 Å². The lowest BCUT2D eigenvalue weighted by molar-refractivity contribution is 0.720. The third-order valence-electron chi connectivity index (χ3n) is 3.55. The fraction of sp³-hybridized carbons (Fsp3) is 0.267. The first-order chi connectivity index (χ1) is 9.31. The van der Waals surface area contributed by atoms with Crippen molar-refractivity contribution >= 4 is 10.9 Å². The molecular formula is C15H18N4. The highest BCUT2D eigenvalue weighted by Gasteiger charge is 2.11. The normalized spacial score (nSPS) is 11.3. The van der Waals surface area contributed by atoms with E-state index in [9.17, 15) is 0 Å². The average molecular weight is 254 g/mol. The Balaban J connectivity index is 2.04. The fourth-order valence-electron chi connectivity index (χ4n) is 2.45. The first-order valence-corrected chi connectivity index (χ1v) is 6.53. The van der Waals surface area contributed by atoms with Gasteiger partial charge in [-0.2, -0.15) is 0 Å². The Morgan fingerprint density at radius 1 is 1.32 bits per heavy atom. The van der Waals surface area contributed by atoms with Gasteiger partial charge >= 0.3 is 0 Å². The van der Waals surface area contributed by atoms with Crippen molar-refractivity contribution in [1.82, 2.24) is 19.9 Å². The molecule has 4 nitrogen and oxygen atoms in total. The topological polar surface area (TPSA) is 45.6 Å². The van der Waals surface area contributed by atoms with Gasteiger partial charge in [-0.05, 0) is 13.1 Å². The molecule has 3 rings (SSSR count). The smallest absolute Gasteiger partial charge is 0.110 e. The molecule has 0 spiro atoms. The van der Waals surface area contributed by atoms with E-state index in [0.717, 1.165) is 30.0 Å². The van der Waals surface area contributed by atoms with Gasteiger partial charge < -0.3 is 14.9 Å². The Bertz CT molecular complexity index is 693. The van der Waals surface area contributed by atoms with Crippen molar-refractivity contribution in [3.8, 4) is 11.3 Å².